The summed E-state index contributed by atoms with van der Waals surface area (Å²) in [7, 11) is 0. The van der Waals surface area contributed by atoms with Crippen molar-refractivity contribution in [1.82, 2.24) is 0 Å². The van der Waals surface area contributed by atoms with E-state index < -0.39 is 0 Å². The Morgan fingerprint density at radius 1 is 0.824 bits per heavy atom. The normalized spacial score (nSPS) is 11.8. The minimum Gasteiger partial charge on any atom is -0.320 e. The highest BCUT2D eigenvalue weighted by atomic mass is 15.3. The summed E-state index contributed by atoms with van der Waals surface area (Å²) in [4.78, 5) is 0. The largest absolute Gasteiger partial charge is 0.320 e. The van der Waals surface area contributed by atoms with Crippen molar-refractivity contribution in [1.29, 1.82) is 0 Å². The van der Waals surface area contributed by atoms with Crippen molar-refractivity contribution in [3.05, 3.63) is 12.2 Å². The maximum atomic E-state index is 4.15. The summed E-state index contributed by atoms with van der Waals surface area (Å²) in [6.45, 7) is 18.5. The van der Waals surface area contributed by atoms with Gasteiger partial charge in [0.2, 0.25) is 0 Å². The first kappa shape index (κ1) is 16.7. The van der Waals surface area contributed by atoms with Gasteiger partial charge in [0, 0.05) is 0 Å². The standard InChI is InChI=1S/C16H34N/c1-6-9-12-17(13-10-7-2,14-11-8-3)15-16(4)5/h4,6-15H2,1-3,5H3/q+1. The lowest BCUT2D eigenvalue weighted by atomic mass is 10.1. The van der Waals surface area contributed by atoms with Gasteiger partial charge in [0.15, 0.2) is 0 Å². The lowest BCUT2D eigenvalue weighted by Crippen LogP contribution is -2.51. The Kier molecular flexibility index (Phi) is 9.53. The summed E-state index contributed by atoms with van der Waals surface area (Å²) in [5, 5.41) is 0. The predicted molar refractivity (Wildman–Crippen MR) is 79.3 cm³/mol. The summed E-state index contributed by atoms with van der Waals surface area (Å²) in [5.41, 5.74) is 1.35. The first-order chi connectivity index (χ1) is 8.10. The van der Waals surface area contributed by atoms with E-state index in [4.69, 9.17) is 0 Å². The van der Waals surface area contributed by atoms with E-state index in [-0.39, 0.29) is 0 Å². The summed E-state index contributed by atoms with van der Waals surface area (Å²) in [6, 6.07) is 0. The molecule has 0 radical (unpaired) electrons. The van der Waals surface area contributed by atoms with Crippen LogP contribution in [0.15, 0.2) is 12.2 Å². The predicted octanol–water partition coefficient (Wildman–Crippen LogP) is 4.78. The summed E-state index contributed by atoms with van der Waals surface area (Å²) >= 11 is 0. The Labute approximate surface area is 109 Å². The molecular weight excluding hydrogens is 206 g/mol. The lowest BCUT2D eigenvalue weighted by Gasteiger charge is -2.39. The van der Waals surface area contributed by atoms with Crippen LogP contribution in [0.4, 0.5) is 0 Å². The molecule has 102 valence electrons. The van der Waals surface area contributed by atoms with Gasteiger partial charge in [0.05, 0.1) is 26.2 Å². The molecule has 0 N–H and O–H groups in total. The van der Waals surface area contributed by atoms with E-state index >= 15 is 0 Å². The highest BCUT2D eigenvalue weighted by Gasteiger charge is 2.25. The minimum absolute atomic E-state index is 1.19. The van der Waals surface area contributed by atoms with Crippen molar-refractivity contribution < 1.29 is 4.48 Å². The molecule has 0 saturated carbocycles. The SMILES string of the molecule is C=C(C)C[N+](CCCC)(CCCC)CCCC. The minimum atomic E-state index is 1.19. The van der Waals surface area contributed by atoms with Gasteiger partial charge in [-0.15, -0.1) is 0 Å². The average molecular weight is 240 g/mol. The summed E-state index contributed by atoms with van der Waals surface area (Å²) in [6.07, 6.45) is 8.03. The zero-order valence-corrected chi connectivity index (χ0v) is 12.7. The third-order valence-electron chi connectivity index (χ3n) is 3.56. The number of quaternary nitrogens is 1. The molecule has 1 heteroatoms. The van der Waals surface area contributed by atoms with Crippen LogP contribution < -0.4 is 0 Å². The topological polar surface area (TPSA) is 0 Å². The van der Waals surface area contributed by atoms with E-state index in [1.807, 2.05) is 0 Å². The van der Waals surface area contributed by atoms with Crippen molar-refractivity contribution in [3.63, 3.8) is 0 Å². The molecule has 0 bridgehead atoms. The van der Waals surface area contributed by atoms with Gasteiger partial charge in [-0.3, -0.25) is 0 Å². The smallest absolute Gasteiger partial charge is 0.0998 e. The van der Waals surface area contributed by atoms with Crippen LogP contribution in [-0.4, -0.2) is 30.7 Å². The molecule has 0 unspecified atom stereocenters. The van der Waals surface area contributed by atoms with Gasteiger partial charge in [-0.1, -0.05) is 46.6 Å². The first-order valence-electron chi connectivity index (χ1n) is 7.59. The third-order valence-corrected chi connectivity index (χ3v) is 3.56. The molecule has 0 saturated heterocycles. The van der Waals surface area contributed by atoms with Crippen LogP contribution in [-0.2, 0) is 0 Å². The monoisotopic (exact) mass is 240 g/mol. The van der Waals surface area contributed by atoms with Gasteiger partial charge in [-0.2, -0.15) is 0 Å². The maximum Gasteiger partial charge on any atom is 0.0998 e. The second kappa shape index (κ2) is 9.70. The Morgan fingerprint density at radius 2 is 1.18 bits per heavy atom. The summed E-state index contributed by atoms with van der Waals surface area (Å²) < 4.78 is 1.30. The second-order valence-corrected chi connectivity index (χ2v) is 5.69. The number of rotatable bonds is 11. The molecule has 0 rings (SSSR count). The van der Waals surface area contributed by atoms with E-state index in [2.05, 4.69) is 34.3 Å². The number of unbranched alkanes of at least 4 members (excludes halogenated alkanes) is 3. The molecule has 17 heavy (non-hydrogen) atoms. The van der Waals surface area contributed by atoms with Crippen LogP contribution in [0.25, 0.3) is 0 Å². The van der Waals surface area contributed by atoms with Gasteiger partial charge >= 0.3 is 0 Å². The van der Waals surface area contributed by atoms with E-state index in [9.17, 15) is 0 Å². The first-order valence-corrected chi connectivity index (χ1v) is 7.59. The molecule has 1 nitrogen and oxygen atoms in total. The highest BCUT2D eigenvalue weighted by Crippen LogP contribution is 2.17. The maximum absolute atomic E-state index is 4.15. The quantitative estimate of drug-likeness (QED) is 0.360. The summed E-state index contributed by atoms with van der Waals surface area (Å²) in [5.74, 6) is 0. The zero-order chi connectivity index (χ0) is 13.1. The van der Waals surface area contributed by atoms with Crippen molar-refractivity contribution in [2.45, 2.75) is 66.2 Å². The number of nitrogens with zero attached hydrogens (tertiary/aromatic N) is 1. The van der Waals surface area contributed by atoms with Crippen LogP contribution in [0.2, 0.25) is 0 Å². The van der Waals surface area contributed by atoms with Crippen LogP contribution in [0.3, 0.4) is 0 Å². The van der Waals surface area contributed by atoms with Crippen molar-refractivity contribution in [2.75, 3.05) is 26.2 Å². The van der Waals surface area contributed by atoms with E-state index in [0.717, 1.165) is 0 Å². The van der Waals surface area contributed by atoms with E-state index in [0.29, 0.717) is 0 Å². The van der Waals surface area contributed by atoms with Crippen LogP contribution in [0, 0.1) is 0 Å². The Morgan fingerprint density at radius 3 is 1.41 bits per heavy atom. The lowest BCUT2D eigenvalue weighted by molar-refractivity contribution is -0.924. The molecule has 0 amide bonds. The van der Waals surface area contributed by atoms with Gasteiger partial charge in [0.25, 0.3) is 0 Å². The van der Waals surface area contributed by atoms with Gasteiger partial charge in [-0.25, -0.2) is 0 Å². The Balaban J connectivity index is 4.56. The number of hydrogen-bond donors (Lipinski definition) is 0. The molecule has 0 aromatic carbocycles. The van der Waals surface area contributed by atoms with Crippen molar-refractivity contribution in [3.8, 4) is 0 Å². The Hall–Kier alpha value is -0.300. The molecule has 0 aliphatic carbocycles. The molecule has 0 aliphatic rings. The highest BCUT2D eigenvalue weighted by molar-refractivity contribution is 4.88. The second-order valence-electron chi connectivity index (χ2n) is 5.69. The molecule has 0 aromatic heterocycles. The van der Waals surface area contributed by atoms with Crippen LogP contribution in [0.5, 0.6) is 0 Å². The van der Waals surface area contributed by atoms with Gasteiger partial charge < -0.3 is 4.48 Å². The fourth-order valence-corrected chi connectivity index (χ4v) is 2.63. The van der Waals surface area contributed by atoms with Gasteiger partial charge in [-0.05, 0) is 31.8 Å². The molecule has 0 fully saturated rings. The molecule has 0 heterocycles. The molecular formula is C16H34N+. The molecule has 0 atom stereocenters. The van der Waals surface area contributed by atoms with Gasteiger partial charge in [0.1, 0.15) is 0 Å². The van der Waals surface area contributed by atoms with E-state index in [1.165, 1.54) is 74.8 Å². The molecule has 0 aromatic rings. The molecule has 0 spiro atoms. The molecule has 0 aliphatic heterocycles. The van der Waals surface area contributed by atoms with E-state index in [1.54, 1.807) is 0 Å². The fourth-order valence-electron chi connectivity index (χ4n) is 2.63. The number of hydrogen-bond acceptors (Lipinski definition) is 0. The fraction of sp³-hybridized carbons (Fsp3) is 0.875. The van der Waals surface area contributed by atoms with Crippen molar-refractivity contribution in [2.24, 2.45) is 0 Å². The zero-order valence-electron chi connectivity index (χ0n) is 12.7. The third kappa shape index (κ3) is 7.59. The van der Waals surface area contributed by atoms with Crippen LogP contribution in [0.1, 0.15) is 66.2 Å². The van der Waals surface area contributed by atoms with Crippen molar-refractivity contribution >= 4 is 0 Å². The average Bonchev–Trinajstić information content (AvgIpc) is 2.30. The Bertz CT molecular complexity index is 174. The van der Waals surface area contributed by atoms with Crippen LogP contribution >= 0.6 is 0 Å².